The molecule has 134 valence electrons. The molecule has 0 fully saturated rings. The van der Waals surface area contributed by atoms with Gasteiger partial charge in [-0.2, -0.15) is 0 Å². The molecule has 0 aliphatic carbocycles. The molecular formula is C17H22N4O4. The van der Waals surface area contributed by atoms with E-state index >= 15 is 0 Å². The molecule has 25 heavy (non-hydrogen) atoms. The fourth-order valence-corrected chi connectivity index (χ4v) is 2.49. The molecule has 8 nitrogen and oxygen atoms in total. The van der Waals surface area contributed by atoms with E-state index in [0.717, 1.165) is 5.56 Å². The minimum atomic E-state index is -0.686. The molecule has 0 saturated heterocycles. The van der Waals surface area contributed by atoms with Gasteiger partial charge in [0.1, 0.15) is 5.82 Å². The monoisotopic (exact) mass is 346 g/mol. The fourth-order valence-electron chi connectivity index (χ4n) is 2.49. The lowest BCUT2D eigenvalue weighted by atomic mass is 10.2. The van der Waals surface area contributed by atoms with Crippen molar-refractivity contribution in [2.45, 2.75) is 26.4 Å². The summed E-state index contributed by atoms with van der Waals surface area (Å²) in [5.41, 5.74) is 5.57. The number of anilines is 2. The molecule has 0 saturated carbocycles. The highest BCUT2D eigenvalue weighted by atomic mass is 16.5. The van der Waals surface area contributed by atoms with Gasteiger partial charge in [-0.05, 0) is 5.56 Å². The van der Waals surface area contributed by atoms with Crippen LogP contribution in [-0.2, 0) is 22.6 Å². The number of benzene rings is 1. The summed E-state index contributed by atoms with van der Waals surface area (Å²) in [4.78, 5) is 40.3. The van der Waals surface area contributed by atoms with Gasteiger partial charge in [-0.3, -0.25) is 19.1 Å². The number of H-pyrrole nitrogens is 1. The first-order chi connectivity index (χ1) is 12.0. The first-order valence-electron chi connectivity index (χ1n) is 7.95. The topological polar surface area (TPSA) is 110 Å². The van der Waals surface area contributed by atoms with E-state index in [1.807, 2.05) is 30.3 Å². The van der Waals surface area contributed by atoms with Crippen LogP contribution in [0.2, 0.25) is 0 Å². The zero-order valence-electron chi connectivity index (χ0n) is 14.3. The normalized spacial score (nSPS) is 10.6. The minimum absolute atomic E-state index is 0.0218. The molecular weight excluding hydrogens is 324 g/mol. The highest BCUT2D eigenvalue weighted by molar-refractivity contribution is 5.95. The number of aromatic amines is 1. The first-order valence-corrected chi connectivity index (χ1v) is 7.95. The van der Waals surface area contributed by atoms with Gasteiger partial charge in [0.2, 0.25) is 5.91 Å². The lowest BCUT2D eigenvalue weighted by molar-refractivity contribution is -0.118. The number of rotatable bonds is 7. The van der Waals surface area contributed by atoms with Crippen molar-refractivity contribution in [2.24, 2.45) is 0 Å². The Hall–Kier alpha value is -2.87. The van der Waals surface area contributed by atoms with Gasteiger partial charge in [-0.1, -0.05) is 37.3 Å². The number of carbonyl (C=O) groups is 1. The van der Waals surface area contributed by atoms with Gasteiger partial charge >= 0.3 is 5.69 Å². The number of carbonyl (C=O) groups excluding carboxylic acids is 1. The lowest BCUT2D eigenvalue weighted by Gasteiger charge is -2.24. The van der Waals surface area contributed by atoms with Crippen LogP contribution in [0.5, 0.6) is 0 Å². The van der Waals surface area contributed by atoms with E-state index in [1.54, 1.807) is 6.92 Å². The second-order valence-electron chi connectivity index (χ2n) is 5.46. The van der Waals surface area contributed by atoms with Gasteiger partial charge in [-0.15, -0.1) is 0 Å². The molecule has 2 aromatic rings. The molecule has 1 heterocycles. The number of aromatic nitrogens is 2. The van der Waals surface area contributed by atoms with Crippen LogP contribution in [0.25, 0.3) is 0 Å². The highest BCUT2D eigenvalue weighted by Crippen LogP contribution is 2.20. The Morgan fingerprint density at radius 1 is 1.28 bits per heavy atom. The summed E-state index contributed by atoms with van der Waals surface area (Å²) in [7, 11) is 1.50. The number of nitrogens with two attached hydrogens (primary N) is 1. The van der Waals surface area contributed by atoms with Crippen molar-refractivity contribution < 1.29 is 9.53 Å². The predicted octanol–water partition coefficient (Wildman–Crippen LogP) is 0.708. The number of nitrogen functional groups attached to an aromatic ring is 1. The molecule has 0 spiro atoms. The van der Waals surface area contributed by atoms with E-state index in [2.05, 4.69) is 4.98 Å². The van der Waals surface area contributed by atoms with Crippen LogP contribution in [0.4, 0.5) is 11.5 Å². The van der Waals surface area contributed by atoms with Crippen LogP contribution in [-0.4, -0.2) is 29.2 Å². The van der Waals surface area contributed by atoms with E-state index in [1.165, 1.54) is 16.6 Å². The van der Waals surface area contributed by atoms with Gasteiger partial charge in [0.05, 0.1) is 19.7 Å². The van der Waals surface area contributed by atoms with E-state index in [-0.39, 0.29) is 43.5 Å². The van der Waals surface area contributed by atoms with Gasteiger partial charge in [0.25, 0.3) is 5.56 Å². The lowest BCUT2D eigenvalue weighted by Crippen LogP contribution is -2.41. The highest BCUT2D eigenvalue weighted by Gasteiger charge is 2.23. The van der Waals surface area contributed by atoms with Crippen molar-refractivity contribution in [3.05, 3.63) is 56.7 Å². The molecule has 0 aliphatic heterocycles. The van der Waals surface area contributed by atoms with Crippen LogP contribution in [0, 0.1) is 0 Å². The van der Waals surface area contributed by atoms with E-state index in [9.17, 15) is 14.4 Å². The fraction of sp³-hybridized carbons (Fsp3) is 0.353. The van der Waals surface area contributed by atoms with Crippen molar-refractivity contribution in [3.8, 4) is 0 Å². The number of ether oxygens (including phenoxy) is 1. The van der Waals surface area contributed by atoms with Crippen molar-refractivity contribution in [2.75, 3.05) is 24.4 Å². The Labute approximate surface area is 144 Å². The standard InChI is InChI=1S/C17H22N4O4/c1-3-13(22)21(11-12-7-5-4-6-8-12)14-15(18)20(9-10-25-2)17(24)19-16(14)23/h4-8H,3,9-11,18H2,1-2H3,(H,19,23,24). The maximum atomic E-state index is 12.4. The van der Waals surface area contributed by atoms with E-state index in [4.69, 9.17) is 10.5 Å². The van der Waals surface area contributed by atoms with Crippen molar-refractivity contribution in [1.29, 1.82) is 0 Å². The average Bonchev–Trinajstić information content (AvgIpc) is 2.60. The van der Waals surface area contributed by atoms with Gasteiger partial charge < -0.3 is 15.4 Å². The molecule has 1 aromatic heterocycles. The van der Waals surface area contributed by atoms with Crippen LogP contribution in [0.3, 0.4) is 0 Å². The molecule has 0 bridgehead atoms. The Morgan fingerprint density at radius 2 is 1.96 bits per heavy atom. The SMILES string of the molecule is CCC(=O)N(Cc1ccccc1)c1c(N)n(CCOC)c(=O)[nH]c1=O. The van der Waals surface area contributed by atoms with Crippen LogP contribution < -0.4 is 21.9 Å². The molecule has 0 aliphatic rings. The van der Waals surface area contributed by atoms with Gasteiger partial charge in [0.15, 0.2) is 5.69 Å². The zero-order valence-corrected chi connectivity index (χ0v) is 14.3. The largest absolute Gasteiger partial charge is 0.383 e. The second kappa shape index (κ2) is 8.29. The molecule has 0 atom stereocenters. The number of nitrogens with one attached hydrogen (secondary N) is 1. The van der Waals surface area contributed by atoms with Crippen molar-refractivity contribution in [3.63, 3.8) is 0 Å². The molecule has 3 N–H and O–H groups in total. The maximum Gasteiger partial charge on any atom is 0.330 e. The Bertz CT molecular complexity index is 842. The maximum absolute atomic E-state index is 12.4. The van der Waals surface area contributed by atoms with Crippen LogP contribution in [0.1, 0.15) is 18.9 Å². The molecule has 1 aromatic carbocycles. The van der Waals surface area contributed by atoms with Crippen LogP contribution >= 0.6 is 0 Å². The van der Waals surface area contributed by atoms with Crippen LogP contribution in [0.15, 0.2) is 39.9 Å². The summed E-state index contributed by atoms with van der Waals surface area (Å²) >= 11 is 0. The smallest absolute Gasteiger partial charge is 0.330 e. The van der Waals surface area contributed by atoms with Crippen molar-refractivity contribution in [1.82, 2.24) is 9.55 Å². The molecule has 2 rings (SSSR count). The molecule has 8 heteroatoms. The summed E-state index contributed by atoms with van der Waals surface area (Å²) < 4.78 is 6.16. The Balaban J connectivity index is 2.54. The summed E-state index contributed by atoms with van der Waals surface area (Å²) in [6.07, 6.45) is 0.197. The number of hydrogen-bond acceptors (Lipinski definition) is 5. The quantitative estimate of drug-likeness (QED) is 0.767. The zero-order chi connectivity index (χ0) is 18.4. The van der Waals surface area contributed by atoms with E-state index < -0.39 is 11.2 Å². The van der Waals surface area contributed by atoms with Crippen molar-refractivity contribution >= 4 is 17.4 Å². The molecule has 0 radical (unpaired) electrons. The number of amides is 1. The number of hydrogen-bond donors (Lipinski definition) is 2. The second-order valence-corrected chi connectivity index (χ2v) is 5.46. The number of nitrogens with zero attached hydrogens (tertiary/aromatic N) is 2. The molecule has 1 amide bonds. The predicted molar refractivity (Wildman–Crippen MR) is 95.5 cm³/mol. The third-order valence-corrected chi connectivity index (χ3v) is 3.79. The summed E-state index contributed by atoms with van der Waals surface area (Å²) in [6, 6.07) is 9.25. The average molecular weight is 346 g/mol. The first kappa shape index (κ1) is 18.5. The number of methoxy groups -OCH3 is 1. The Morgan fingerprint density at radius 3 is 2.56 bits per heavy atom. The summed E-state index contributed by atoms with van der Waals surface area (Å²) in [6.45, 7) is 2.30. The van der Waals surface area contributed by atoms with Gasteiger partial charge in [0, 0.05) is 13.5 Å². The minimum Gasteiger partial charge on any atom is -0.383 e. The summed E-state index contributed by atoms with van der Waals surface area (Å²) in [5.74, 6) is -0.318. The van der Waals surface area contributed by atoms with Gasteiger partial charge in [-0.25, -0.2) is 4.79 Å². The Kier molecular flexibility index (Phi) is 6.13. The molecule has 0 unspecified atom stereocenters. The van der Waals surface area contributed by atoms with E-state index in [0.29, 0.717) is 0 Å². The summed E-state index contributed by atoms with van der Waals surface area (Å²) in [5, 5.41) is 0. The third kappa shape index (κ3) is 4.16. The third-order valence-electron chi connectivity index (χ3n) is 3.79.